The minimum Gasteiger partial charge on any atom is -0.481 e. The number of nitrogens with zero attached hydrogens (tertiary/aromatic N) is 5. The minimum absolute atomic E-state index is 0.0690. The van der Waals surface area contributed by atoms with Crippen LogP contribution in [0.15, 0.2) is 122 Å². The predicted octanol–water partition coefficient (Wildman–Crippen LogP) is 5.79. The molecule has 8 nitrogen and oxygen atoms in total. The molecular weight excluding hydrogens is 574 g/mol. The van der Waals surface area contributed by atoms with Crippen molar-refractivity contribution < 1.29 is 14.3 Å². The lowest BCUT2D eigenvalue weighted by Crippen LogP contribution is -2.52. The maximum atomic E-state index is 14.5. The Hall–Kier alpha value is -5.63. The molecule has 0 fully saturated rings. The Balaban J connectivity index is 1.34. The molecule has 0 saturated heterocycles. The molecule has 0 aliphatic carbocycles. The van der Waals surface area contributed by atoms with Crippen LogP contribution in [0.5, 0.6) is 5.88 Å². The van der Waals surface area contributed by atoms with Crippen molar-refractivity contribution in [3.63, 3.8) is 0 Å². The van der Waals surface area contributed by atoms with E-state index in [1.807, 2.05) is 77.7 Å². The summed E-state index contributed by atoms with van der Waals surface area (Å²) >= 11 is 0. The summed E-state index contributed by atoms with van der Waals surface area (Å²) in [5.74, 6) is 0.783. The van der Waals surface area contributed by atoms with Gasteiger partial charge in [0.2, 0.25) is 17.7 Å². The zero-order chi connectivity index (χ0) is 31.7. The molecular formula is C38H35N5O3. The van der Waals surface area contributed by atoms with Crippen molar-refractivity contribution in [1.82, 2.24) is 24.8 Å². The maximum absolute atomic E-state index is 14.5. The number of hydrogen-bond donors (Lipinski definition) is 0. The molecule has 3 heterocycles. The van der Waals surface area contributed by atoms with Gasteiger partial charge in [-0.2, -0.15) is 0 Å². The summed E-state index contributed by atoms with van der Waals surface area (Å²) in [6.45, 7) is 1.36. The third-order valence-corrected chi connectivity index (χ3v) is 8.18. The van der Waals surface area contributed by atoms with Crippen LogP contribution in [0.2, 0.25) is 0 Å². The fourth-order valence-corrected chi connectivity index (χ4v) is 5.68. The van der Waals surface area contributed by atoms with Gasteiger partial charge in [-0.3, -0.25) is 9.59 Å². The molecule has 1 aliphatic heterocycles. The molecule has 0 radical (unpaired) electrons. The largest absolute Gasteiger partial charge is 0.481 e. The highest BCUT2D eigenvalue weighted by atomic mass is 16.5. The number of methoxy groups -OCH3 is 1. The van der Waals surface area contributed by atoms with Gasteiger partial charge in [0, 0.05) is 62.4 Å². The number of aromatic nitrogens is 3. The van der Waals surface area contributed by atoms with Gasteiger partial charge in [0.15, 0.2) is 5.82 Å². The third-order valence-electron chi connectivity index (χ3n) is 8.18. The van der Waals surface area contributed by atoms with Crippen LogP contribution < -0.4 is 4.74 Å². The Kier molecular flexibility index (Phi) is 9.54. The van der Waals surface area contributed by atoms with Crippen molar-refractivity contribution >= 4 is 17.9 Å². The van der Waals surface area contributed by atoms with E-state index in [9.17, 15) is 9.59 Å². The number of hydrogen-bond acceptors (Lipinski definition) is 6. The van der Waals surface area contributed by atoms with Gasteiger partial charge in [-0.1, -0.05) is 78.9 Å². The first-order chi connectivity index (χ1) is 22.6. The van der Waals surface area contributed by atoms with Gasteiger partial charge >= 0.3 is 0 Å². The zero-order valence-electron chi connectivity index (χ0n) is 25.7. The van der Waals surface area contributed by atoms with Crippen LogP contribution in [0.4, 0.5) is 0 Å². The highest BCUT2D eigenvalue weighted by Gasteiger charge is 2.34. The molecule has 6 rings (SSSR count). The fourth-order valence-electron chi connectivity index (χ4n) is 5.68. The highest BCUT2D eigenvalue weighted by Crippen LogP contribution is 2.24. The number of benzene rings is 3. The monoisotopic (exact) mass is 609 g/mol. The SMILES string of the molecule is COc1ccc(C=CC(=O)N(Cc2ccc(-c3ncccn3)cc2)C(Cc2ccccc2)C(=O)N2CCc3ccccc3C2)cn1. The molecule has 230 valence electrons. The van der Waals surface area contributed by atoms with Gasteiger partial charge in [0.05, 0.1) is 7.11 Å². The quantitative estimate of drug-likeness (QED) is 0.187. The second-order valence-corrected chi connectivity index (χ2v) is 11.2. The molecule has 1 aliphatic rings. The van der Waals surface area contributed by atoms with Crippen LogP contribution in [0.25, 0.3) is 17.5 Å². The first-order valence-corrected chi connectivity index (χ1v) is 15.3. The van der Waals surface area contributed by atoms with E-state index in [-0.39, 0.29) is 18.4 Å². The lowest BCUT2D eigenvalue weighted by atomic mass is 9.97. The molecule has 0 bridgehead atoms. The summed E-state index contributed by atoms with van der Waals surface area (Å²) in [4.78, 5) is 45.2. The summed E-state index contributed by atoms with van der Waals surface area (Å²) in [6, 6.07) is 30.6. The third kappa shape index (κ3) is 7.35. The van der Waals surface area contributed by atoms with Crippen LogP contribution in [0, 0.1) is 0 Å². The predicted molar refractivity (Wildman–Crippen MR) is 177 cm³/mol. The summed E-state index contributed by atoms with van der Waals surface area (Å²) in [6.07, 6.45) is 9.47. The molecule has 2 aromatic heterocycles. The first-order valence-electron chi connectivity index (χ1n) is 15.3. The van der Waals surface area contributed by atoms with E-state index in [1.165, 1.54) is 11.6 Å². The Morgan fingerprint density at radius 2 is 1.59 bits per heavy atom. The van der Waals surface area contributed by atoms with Gasteiger partial charge in [-0.15, -0.1) is 0 Å². The van der Waals surface area contributed by atoms with Crippen molar-refractivity contribution in [2.24, 2.45) is 0 Å². The molecule has 0 saturated carbocycles. The molecule has 0 N–H and O–H groups in total. The molecule has 46 heavy (non-hydrogen) atoms. The number of carbonyl (C=O) groups is 2. The van der Waals surface area contributed by atoms with Crippen LogP contribution in [0.3, 0.4) is 0 Å². The van der Waals surface area contributed by atoms with E-state index in [4.69, 9.17) is 4.74 Å². The minimum atomic E-state index is -0.726. The van der Waals surface area contributed by atoms with Crippen LogP contribution in [-0.4, -0.2) is 56.3 Å². The Morgan fingerprint density at radius 1 is 0.848 bits per heavy atom. The maximum Gasteiger partial charge on any atom is 0.247 e. The van der Waals surface area contributed by atoms with E-state index in [2.05, 4.69) is 27.1 Å². The van der Waals surface area contributed by atoms with E-state index >= 15 is 0 Å². The molecule has 8 heteroatoms. The Bertz CT molecular complexity index is 1790. The van der Waals surface area contributed by atoms with Crippen molar-refractivity contribution in [2.75, 3.05) is 13.7 Å². The van der Waals surface area contributed by atoms with Crippen LogP contribution in [0.1, 0.15) is 27.8 Å². The standard InChI is InChI=1S/C38H35N5O3/c1-46-35-18-14-29(25-41-35)15-19-36(44)43(26-30-12-16-32(17-13-30)37-39-21-7-22-40-37)34(24-28-8-3-2-4-9-28)38(45)42-23-20-31-10-5-6-11-33(31)27-42/h2-19,21-22,25,34H,20,23-24,26-27H2,1H3. The van der Waals surface area contributed by atoms with Gasteiger partial charge < -0.3 is 14.5 Å². The second-order valence-electron chi connectivity index (χ2n) is 11.2. The molecule has 1 unspecified atom stereocenters. The van der Waals surface area contributed by atoms with Crippen LogP contribution >= 0.6 is 0 Å². The summed E-state index contributed by atoms with van der Waals surface area (Å²) in [7, 11) is 1.56. The molecule has 2 amide bonds. The number of fused-ring (bicyclic) bond motifs is 1. The van der Waals surface area contributed by atoms with Crippen molar-refractivity contribution in [2.45, 2.75) is 32.0 Å². The number of amides is 2. The van der Waals surface area contributed by atoms with E-state index in [0.29, 0.717) is 31.2 Å². The van der Waals surface area contributed by atoms with Gasteiger partial charge in [-0.05, 0) is 52.4 Å². The number of carbonyl (C=O) groups excluding carboxylic acids is 2. The summed E-state index contributed by atoms with van der Waals surface area (Å²) in [5, 5.41) is 0. The molecule has 3 aromatic carbocycles. The molecule has 0 spiro atoms. The van der Waals surface area contributed by atoms with Crippen LogP contribution in [-0.2, 0) is 35.5 Å². The average Bonchev–Trinajstić information content (AvgIpc) is 3.13. The smallest absolute Gasteiger partial charge is 0.247 e. The van der Waals surface area contributed by atoms with Gasteiger partial charge in [0.1, 0.15) is 6.04 Å². The fraction of sp³-hybridized carbons (Fsp3) is 0.184. The summed E-state index contributed by atoms with van der Waals surface area (Å²) < 4.78 is 5.17. The van der Waals surface area contributed by atoms with Gasteiger partial charge in [-0.25, -0.2) is 15.0 Å². The van der Waals surface area contributed by atoms with E-state index in [1.54, 1.807) is 48.8 Å². The average molecular weight is 610 g/mol. The number of ether oxygens (including phenoxy) is 1. The number of rotatable bonds is 10. The zero-order valence-corrected chi connectivity index (χ0v) is 25.7. The Morgan fingerprint density at radius 3 is 2.30 bits per heavy atom. The van der Waals surface area contributed by atoms with Crippen molar-refractivity contribution in [1.29, 1.82) is 0 Å². The second kappa shape index (κ2) is 14.4. The van der Waals surface area contributed by atoms with Crippen molar-refractivity contribution in [3.8, 4) is 17.3 Å². The topological polar surface area (TPSA) is 88.5 Å². The Labute approximate surface area is 269 Å². The van der Waals surface area contributed by atoms with Gasteiger partial charge in [0.25, 0.3) is 0 Å². The lowest BCUT2D eigenvalue weighted by molar-refractivity contribution is -0.144. The van der Waals surface area contributed by atoms with E-state index in [0.717, 1.165) is 34.2 Å². The summed E-state index contributed by atoms with van der Waals surface area (Å²) in [5.41, 5.74) is 5.90. The first kappa shape index (κ1) is 30.4. The number of pyridine rings is 1. The van der Waals surface area contributed by atoms with Crippen molar-refractivity contribution in [3.05, 3.63) is 150 Å². The lowest BCUT2D eigenvalue weighted by Gasteiger charge is -2.37. The van der Waals surface area contributed by atoms with E-state index < -0.39 is 6.04 Å². The molecule has 5 aromatic rings. The molecule has 1 atom stereocenters. The highest BCUT2D eigenvalue weighted by molar-refractivity contribution is 5.95. The normalized spacial score (nSPS) is 13.2.